The second kappa shape index (κ2) is 36.0. The van der Waals surface area contributed by atoms with Crippen LogP contribution in [-0.2, 0) is 26.2 Å². The van der Waals surface area contributed by atoms with Crippen molar-refractivity contribution < 1.29 is 41.5 Å². The summed E-state index contributed by atoms with van der Waals surface area (Å²) in [7, 11) is 0. The molecule has 0 spiro atoms. The first kappa shape index (κ1) is 26.6. The summed E-state index contributed by atoms with van der Waals surface area (Å²) in [5, 5.41) is 23.6. The van der Waals surface area contributed by atoms with Crippen LogP contribution in [0.3, 0.4) is 0 Å². The fourth-order valence-corrected chi connectivity index (χ4v) is 0.321. The number of rotatable bonds is 3. The van der Waals surface area contributed by atoms with Crippen molar-refractivity contribution in [2.45, 2.75) is 40.0 Å². The smallest absolute Gasteiger partial charge is 0.0428 e. The number of aliphatic hydroxyl groups excluding tert-OH is 3. The Labute approximate surface area is 131 Å². The fraction of sp³-hybridized carbons (Fsp3) is 0.643. The maximum atomic E-state index is 7.88. The van der Waals surface area contributed by atoms with Gasteiger partial charge in [-0.1, -0.05) is 20.8 Å². The van der Waals surface area contributed by atoms with Gasteiger partial charge in [0.2, 0.25) is 0 Å². The SMILES string of the molecule is CCCO.CCCO.CCCO.[Zr].c1cc[cH-]c1. The number of hydrogen-bond donors (Lipinski definition) is 3. The quantitative estimate of drug-likeness (QED) is 0.744. The average molecular weight is 337 g/mol. The van der Waals surface area contributed by atoms with Crippen LogP contribution in [0.1, 0.15) is 40.0 Å². The Balaban J connectivity index is -0.0000000719. The summed E-state index contributed by atoms with van der Waals surface area (Å²) in [6, 6.07) is 10.0. The molecular weight excluding hydrogens is 307 g/mol. The van der Waals surface area contributed by atoms with Crippen molar-refractivity contribution in [1.82, 2.24) is 0 Å². The first-order valence-electron chi connectivity index (χ1n) is 6.24. The van der Waals surface area contributed by atoms with E-state index in [2.05, 4.69) is 0 Å². The fourth-order valence-electron chi connectivity index (χ4n) is 0.321. The Morgan fingerprint density at radius 3 is 1.00 bits per heavy atom. The molecule has 1 aromatic rings. The maximum absolute atomic E-state index is 7.88. The first-order chi connectivity index (χ1) is 8.24. The predicted octanol–water partition coefficient (Wildman–Crippen LogP) is 2.57. The molecule has 1 rings (SSSR count). The van der Waals surface area contributed by atoms with Gasteiger partial charge in [0.25, 0.3) is 0 Å². The van der Waals surface area contributed by atoms with E-state index in [1.165, 1.54) is 0 Å². The molecule has 0 aliphatic heterocycles. The molecule has 0 aliphatic carbocycles. The van der Waals surface area contributed by atoms with Crippen molar-refractivity contribution in [2.24, 2.45) is 0 Å². The third-order valence-corrected chi connectivity index (χ3v) is 1.23. The second-order valence-corrected chi connectivity index (χ2v) is 3.13. The van der Waals surface area contributed by atoms with Crippen LogP contribution >= 0.6 is 0 Å². The first-order valence-corrected chi connectivity index (χ1v) is 6.24. The molecule has 0 saturated carbocycles. The molecular formula is C14H29O3Zr-. The predicted molar refractivity (Wildman–Crippen MR) is 74.2 cm³/mol. The van der Waals surface area contributed by atoms with Gasteiger partial charge in [-0.15, -0.1) is 0 Å². The van der Waals surface area contributed by atoms with Gasteiger partial charge in [-0.3, -0.25) is 0 Å². The van der Waals surface area contributed by atoms with Gasteiger partial charge >= 0.3 is 0 Å². The van der Waals surface area contributed by atoms with E-state index in [9.17, 15) is 0 Å². The van der Waals surface area contributed by atoms with Crippen molar-refractivity contribution in [3.05, 3.63) is 30.3 Å². The van der Waals surface area contributed by atoms with Gasteiger partial charge in [0, 0.05) is 46.0 Å². The second-order valence-electron chi connectivity index (χ2n) is 3.13. The van der Waals surface area contributed by atoms with Gasteiger partial charge in [0.1, 0.15) is 0 Å². The minimum Gasteiger partial charge on any atom is -0.396 e. The van der Waals surface area contributed by atoms with Gasteiger partial charge in [0.15, 0.2) is 0 Å². The van der Waals surface area contributed by atoms with Crippen LogP contribution in [-0.4, -0.2) is 35.1 Å². The van der Waals surface area contributed by atoms with Gasteiger partial charge in [-0.2, -0.15) is 18.2 Å². The molecule has 3 N–H and O–H groups in total. The summed E-state index contributed by atoms with van der Waals surface area (Å²) < 4.78 is 0. The Bertz CT molecular complexity index is 123. The molecule has 3 nitrogen and oxygen atoms in total. The normalized spacial score (nSPS) is 7.22. The van der Waals surface area contributed by atoms with Gasteiger partial charge in [-0.25, -0.2) is 12.1 Å². The zero-order valence-electron chi connectivity index (χ0n) is 12.0. The van der Waals surface area contributed by atoms with E-state index < -0.39 is 0 Å². The van der Waals surface area contributed by atoms with E-state index in [4.69, 9.17) is 15.3 Å². The van der Waals surface area contributed by atoms with Crippen molar-refractivity contribution in [3.63, 3.8) is 0 Å². The zero-order chi connectivity index (χ0) is 13.8. The minimum absolute atomic E-state index is 0. The van der Waals surface area contributed by atoms with Crippen molar-refractivity contribution >= 4 is 0 Å². The van der Waals surface area contributed by atoms with Crippen molar-refractivity contribution in [3.8, 4) is 0 Å². The van der Waals surface area contributed by atoms with Crippen LogP contribution in [0.5, 0.6) is 0 Å². The Kier molecular flexibility index (Phi) is 53.2. The van der Waals surface area contributed by atoms with Crippen LogP contribution in [0.25, 0.3) is 0 Å². The largest absolute Gasteiger partial charge is 0.396 e. The number of aliphatic hydroxyl groups is 3. The third kappa shape index (κ3) is 55.9. The monoisotopic (exact) mass is 335 g/mol. The maximum Gasteiger partial charge on any atom is 0.0428 e. The van der Waals surface area contributed by atoms with E-state index in [1.54, 1.807) is 0 Å². The summed E-state index contributed by atoms with van der Waals surface area (Å²) in [5.41, 5.74) is 0. The van der Waals surface area contributed by atoms with Crippen molar-refractivity contribution in [1.29, 1.82) is 0 Å². The zero-order valence-corrected chi connectivity index (χ0v) is 14.4. The molecule has 0 atom stereocenters. The molecule has 18 heavy (non-hydrogen) atoms. The summed E-state index contributed by atoms with van der Waals surface area (Å²) in [6.45, 7) is 6.75. The van der Waals surface area contributed by atoms with Crippen LogP contribution in [0.15, 0.2) is 30.3 Å². The number of hydrogen-bond acceptors (Lipinski definition) is 3. The molecule has 0 bridgehead atoms. The summed E-state index contributed by atoms with van der Waals surface area (Å²) in [6.07, 6.45) is 2.62. The van der Waals surface area contributed by atoms with Crippen molar-refractivity contribution in [2.75, 3.05) is 19.8 Å². The van der Waals surface area contributed by atoms with E-state index in [0.717, 1.165) is 19.3 Å². The molecule has 0 radical (unpaired) electrons. The van der Waals surface area contributed by atoms with E-state index in [-0.39, 0.29) is 26.2 Å². The molecule has 4 heteroatoms. The minimum atomic E-state index is 0. The molecule has 108 valence electrons. The molecule has 0 saturated heterocycles. The Hall–Kier alpha value is 0.113. The van der Waals surface area contributed by atoms with Crippen LogP contribution < -0.4 is 0 Å². The molecule has 0 aromatic heterocycles. The van der Waals surface area contributed by atoms with Crippen LogP contribution in [0.4, 0.5) is 0 Å². The van der Waals surface area contributed by atoms with E-state index in [0.29, 0.717) is 19.8 Å². The molecule has 0 amide bonds. The molecule has 0 heterocycles. The Morgan fingerprint density at radius 1 is 0.722 bits per heavy atom. The molecule has 0 unspecified atom stereocenters. The molecule has 1 aromatic carbocycles. The van der Waals surface area contributed by atoms with E-state index in [1.807, 2.05) is 51.1 Å². The van der Waals surface area contributed by atoms with E-state index >= 15 is 0 Å². The Morgan fingerprint density at radius 2 is 0.944 bits per heavy atom. The van der Waals surface area contributed by atoms with Gasteiger partial charge in [0.05, 0.1) is 0 Å². The summed E-state index contributed by atoms with van der Waals surface area (Å²) in [4.78, 5) is 0. The topological polar surface area (TPSA) is 60.7 Å². The summed E-state index contributed by atoms with van der Waals surface area (Å²) in [5.74, 6) is 0. The van der Waals surface area contributed by atoms with Crippen LogP contribution in [0, 0.1) is 0 Å². The van der Waals surface area contributed by atoms with Gasteiger partial charge < -0.3 is 15.3 Å². The van der Waals surface area contributed by atoms with Crippen LogP contribution in [0.2, 0.25) is 0 Å². The molecule has 0 aliphatic rings. The third-order valence-electron chi connectivity index (χ3n) is 1.23. The summed E-state index contributed by atoms with van der Waals surface area (Å²) >= 11 is 0. The standard InChI is InChI=1S/C5H5.3C3H8O.Zr/c1-2-4-5-3-1;3*1-2-3-4;/h1-5H;3*4H,2-3H2,1H3;/q-1;;;;. The van der Waals surface area contributed by atoms with Gasteiger partial charge in [-0.05, 0) is 19.3 Å². The average Bonchev–Trinajstić information content (AvgIpc) is 2.98. The molecule has 0 fully saturated rings.